The summed E-state index contributed by atoms with van der Waals surface area (Å²) in [5.41, 5.74) is 1.87. The molecule has 0 aromatic heterocycles. The molecule has 0 amide bonds. The standard InChI is InChI=1S/C13H17N3/c1-15-9-11-6-7-16(10-11)13-5-3-2-4-12(13)8-14/h2-5,11,15H,6-7,9-10H2,1H3. The van der Waals surface area contributed by atoms with E-state index in [0.29, 0.717) is 5.92 Å². The predicted octanol–water partition coefficient (Wildman–Crippen LogP) is 1.60. The largest absolute Gasteiger partial charge is 0.370 e. The summed E-state index contributed by atoms with van der Waals surface area (Å²) in [7, 11) is 1.99. The van der Waals surface area contributed by atoms with Gasteiger partial charge in [0.1, 0.15) is 6.07 Å². The second kappa shape index (κ2) is 5.00. The minimum atomic E-state index is 0.705. The van der Waals surface area contributed by atoms with Crippen molar-refractivity contribution in [2.75, 3.05) is 31.6 Å². The van der Waals surface area contributed by atoms with Gasteiger partial charge in [0.05, 0.1) is 11.3 Å². The highest BCUT2D eigenvalue weighted by molar-refractivity contribution is 5.59. The molecular weight excluding hydrogens is 198 g/mol. The summed E-state index contributed by atoms with van der Waals surface area (Å²) in [6.45, 7) is 3.18. The van der Waals surface area contributed by atoms with Gasteiger partial charge in [-0.1, -0.05) is 12.1 Å². The highest BCUT2D eigenvalue weighted by atomic mass is 15.2. The zero-order chi connectivity index (χ0) is 11.4. The lowest BCUT2D eigenvalue weighted by molar-refractivity contribution is 0.549. The van der Waals surface area contributed by atoms with Crippen molar-refractivity contribution in [3.05, 3.63) is 29.8 Å². The molecule has 0 spiro atoms. The second-order valence-electron chi connectivity index (χ2n) is 4.29. The molecule has 0 bridgehead atoms. The van der Waals surface area contributed by atoms with E-state index >= 15 is 0 Å². The molecule has 2 rings (SSSR count). The molecule has 84 valence electrons. The first-order chi connectivity index (χ1) is 7.85. The van der Waals surface area contributed by atoms with Crippen molar-refractivity contribution in [3.63, 3.8) is 0 Å². The van der Waals surface area contributed by atoms with Crippen LogP contribution in [0.4, 0.5) is 5.69 Å². The van der Waals surface area contributed by atoms with Crippen molar-refractivity contribution in [1.82, 2.24) is 5.32 Å². The van der Waals surface area contributed by atoms with Gasteiger partial charge in [-0.3, -0.25) is 0 Å². The maximum absolute atomic E-state index is 9.06. The van der Waals surface area contributed by atoms with Crippen molar-refractivity contribution < 1.29 is 0 Å². The van der Waals surface area contributed by atoms with Gasteiger partial charge in [-0.15, -0.1) is 0 Å². The number of benzene rings is 1. The Morgan fingerprint density at radius 3 is 3.06 bits per heavy atom. The number of rotatable bonds is 3. The summed E-state index contributed by atoms with van der Waals surface area (Å²) in [6.07, 6.45) is 1.21. The number of anilines is 1. The predicted molar refractivity (Wildman–Crippen MR) is 65.4 cm³/mol. The van der Waals surface area contributed by atoms with E-state index in [9.17, 15) is 0 Å². The molecule has 0 aliphatic carbocycles. The van der Waals surface area contributed by atoms with E-state index < -0.39 is 0 Å². The third kappa shape index (κ3) is 2.17. The first kappa shape index (κ1) is 11.0. The molecule has 3 heteroatoms. The first-order valence-corrected chi connectivity index (χ1v) is 5.74. The Labute approximate surface area is 96.7 Å². The molecule has 1 aliphatic rings. The lowest BCUT2D eigenvalue weighted by Gasteiger charge is -2.19. The van der Waals surface area contributed by atoms with Gasteiger partial charge >= 0.3 is 0 Å². The molecule has 16 heavy (non-hydrogen) atoms. The van der Waals surface area contributed by atoms with Gasteiger partial charge in [-0.25, -0.2) is 0 Å². The molecule has 0 radical (unpaired) electrons. The fourth-order valence-electron chi connectivity index (χ4n) is 2.35. The topological polar surface area (TPSA) is 39.1 Å². The van der Waals surface area contributed by atoms with E-state index in [4.69, 9.17) is 5.26 Å². The summed E-state index contributed by atoms with van der Waals surface area (Å²) in [5.74, 6) is 0.705. The van der Waals surface area contributed by atoms with E-state index in [0.717, 1.165) is 30.9 Å². The molecule has 1 saturated heterocycles. The number of nitrogens with zero attached hydrogens (tertiary/aromatic N) is 2. The first-order valence-electron chi connectivity index (χ1n) is 5.74. The van der Waals surface area contributed by atoms with Crippen LogP contribution in [0.3, 0.4) is 0 Å². The summed E-state index contributed by atoms with van der Waals surface area (Å²) in [4.78, 5) is 2.32. The van der Waals surface area contributed by atoms with Crippen LogP contribution in [0.1, 0.15) is 12.0 Å². The molecule has 1 heterocycles. The lowest BCUT2D eigenvalue weighted by atomic mass is 10.1. The Bertz CT molecular complexity index is 394. The second-order valence-corrected chi connectivity index (χ2v) is 4.29. The van der Waals surface area contributed by atoms with Crippen LogP contribution < -0.4 is 10.2 Å². The van der Waals surface area contributed by atoms with Crippen LogP contribution >= 0.6 is 0 Å². The molecule has 1 atom stereocenters. The van der Waals surface area contributed by atoms with Gasteiger partial charge in [0.2, 0.25) is 0 Å². The van der Waals surface area contributed by atoms with Crippen LogP contribution in [-0.4, -0.2) is 26.7 Å². The molecule has 0 saturated carbocycles. The molecule has 1 aliphatic heterocycles. The number of nitriles is 1. The average Bonchev–Trinajstić information content (AvgIpc) is 2.78. The van der Waals surface area contributed by atoms with E-state index in [1.165, 1.54) is 6.42 Å². The number of para-hydroxylation sites is 1. The summed E-state index contributed by atoms with van der Waals surface area (Å²) >= 11 is 0. The van der Waals surface area contributed by atoms with Crippen LogP contribution in [0, 0.1) is 17.2 Å². The fourth-order valence-corrected chi connectivity index (χ4v) is 2.35. The zero-order valence-corrected chi connectivity index (χ0v) is 9.61. The highest BCUT2D eigenvalue weighted by Crippen LogP contribution is 2.26. The summed E-state index contributed by atoms with van der Waals surface area (Å²) in [5, 5.41) is 12.3. The van der Waals surface area contributed by atoms with Gasteiger partial charge in [-0.05, 0) is 38.1 Å². The SMILES string of the molecule is CNCC1CCN(c2ccccc2C#N)C1. The van der Waals surface area contributed by atoms with Gasteiger partial charge < -0.3 is 10.2 Å². The number of hydrogen-bond acceptors (Lipinski definition) is 3. The quantitative estimate of drug-likeness (QED) is 0.832. The molecule has 1 aromatic carbocycles. The Balaban J connectivity index is 2.12. The molecule has 1 N–H and O–H groups in total. The Morgan fingerprint density at radius 2 is 2.31 bits per heavy atom. The maximum Gasteiger partial charge on any atom is 0.101 e. The third-order valence-corrected chi connectivity index (χ3v) is 3.14. The smallest absolute Gasteiger partial charge is 0.101 e. The fraction of sp³-hybridized carbons (Fsp3) is 0.462. The summed E-state index contributed by atoms with van der Waals surface area (Å²) in [6, 6.07) is 10.1. The minimum absolute atomic E-state index is 0.705. The van der Waals surface area contributed by atoms with Gasteiger partial charge in [-0.2, -0.15) is 5.26 Å². The lowest BCUT2D eigenvalue weighted by Crippen LogP contribution is -2.24. The van der Waals surface area contributed by atoms with E-state index in [1.54, 1.807) is 0 Å². The Kier molecular flexibility index (Phi) is 3.43. The molecule has 1 fully saturated rings. The molecule has 1 unspecified atom stereocenters. The summed E-state index contributed by atoms with van der Waals surface area (Å²) < 4.78 is 0. The van der Waals surface area contributed by atoms with Crippen molar-refractivity contribution in [2.24, 2.45) is 5.92 Å². The molecule has 1 aromatic rings. The van der Waals surface area contributed by atoms with Crippen molar-refractivity contribution in [3.8, 4) is 6.07 Å². The van der Waals surface area contributed by atoms with Gasteiger partial charge in [0.25, 0.3) is 0 Å². The normalized spacial score (nSPS) is 19.8. The monoisotopic (exact) mass is 215 g/mol. The number of hydrogen-bond donors (Lipinski definition) is 1. The minimum Gasteiger partial charge on any atom is -0.370 e. The van der Waals surface area contributed by atoms with Crippen LogP contribution in [0.2, 0.25) is 0 Å². The number of nitrogens with one attached hydrogen (secondary N) is 1. The molecular formula is C13H17N3. The Morgan fingerprint density at radius 1 is 1.50 bits per heavy atom. The Hall–Kier alpha value is -1.53. The van der Waals surface area contributed by atoms with Gasteiger partial charge in [0, 0.05) is 13.1 Å². The van der Waals surface area contributed by atoms with Gasteiger partial charge in [0.15, 0.2) is 0 Å². The van der Waals surface area contributed by atoms with Crippen LogP contribution in [-0.2, 0) is 0 Å². The van der Waals surface area contributed by atoms with E-state index in [1.807, 2.05) is 31.3 Å². The van der Waals surface area contributed by atoms with Crippen LogP contribution in [0.5, 0.6) is 0 Å². The van der Waals surface area contributed by atoms with Crippen molar-refractivity contribution in [1.29, 1.82) is 5.26 Å². The van der Waals surface area contributed by atoms with Crippen molar-refractivity contribution in [2.45, 2.75) is 6.42 Å². The van der Waals surface area contributed by atoms with E-state index in [-0.39, 0.29) is 0 Å². The highest BCUT2D eigenvalue weighted by Gasteiger charge is 2.23. The van der Waals surface area contributed by atoms with Crippen molar-refractivity contribution >= 4 is 5.69 Å². The maximum atomic E-state index is 9.06. The third-order valence-electron chi connectivity index (χ3n) is 3.14. The molecule has 3 nitrogen and oxygen atoms in total. The average molecular weight is 215 g/mol. The van der Waals surface area contributed by atoms with Crippen LogP contribution in [0.15, 0.2) is 24.3 Å². The zero-order valence-electron chi connectivity index (χ0n) is 9.61. The van der Waals surface area contributed by atoms with Crippen LogP contribution in [0.25, 0.3) is 0 Å². The van der Waals surface area contributed by atoms with E-state index in [2.05, 4.69) is 16.3 Å².